The smallest absolute Gasteiger partial charge is 0.310 e. The Labute approximate surface area is 125 Å². The summed E-state index contributed by atoms with van der Waals surface area (Å²) in [6.45, 7) is 5.74. The van der Waals surface area contributed by atoms with E-state index in [2.05, 4.69) is 11.8 Å². The van der Waals surface area contributed by atoms with E-state index in [0.29, 0.717) is 12.2 Å². The molecule has 0 aliphatic heterocycles. The lowest BCUT2D eigenvalue weighted by Crippen LogP contribution is -2.06. The van der Waals surface area contributed by atoms with Crippen LogP contribution < -0.4 is 4.74 Å². The lowest BCUT2D eigenvalue weighted by Gasteiger charge is -2.06. The zero-order chi connectivity index (χ0) is 15.2. The number of aryl methyl sites for hydroxylation is 2. The molecule has 0 aliphatic carbocycles. The Morgan fingerprint density at radius 1 is 1.05 bits per heavy atom. The summed E-state index contributed by atoms with van der Waals surface area (Å²) in [6.07, 6.45) is 0.369. The highest BCUT2D eigenvalue weighted by Gasteiger charge is 2.05. The maximum atomic E-state index is 11.3. The van der Waals surface area contributed by atoms with Gasteiger partial charge in [0.05, 0.1) is 0 Å². The lowest BCUT2D eigenvalue weighted by atomic mass is 10.1. The molecule has 0 unspecified atom stereocenters. The molecule has 21 heavy (non-hydrogen) atoms. The van der Waals surface area contributed by atoms with Crippen LogP contribution in [-0.2, 0) is 4.79 Å². The third kappa shape index (κ3) is 3.97. The van der Waals surface area contributed by atoms with Gasteiger partial charge in [-0.25, -0.2) is 0 Å². The van der Waals surface area contributed by atoms with Crippen LogP contribution in [0.5, 0.6) is 5.75 Å². The quantitative estimate of drug-likeness (QED) is 0.471. The van der Waals surface area contributed by atoms with Crippen molar-refractivity contribution in [1.82, 2.24) is 0 Å². The van der Waals surface area contributed by atoms with Crippen molar-refractivity contribution in [3.63, 3.8) is 0 Å². The van der Waals surface area contributed by atoms with Crippen LogP contribution in [0.25, 0.3) is 0 Å². The summed E-state index contributed by atoms with van der Waals surface area (Å²) >= 11 is 0. The van der Waals surface area contributed by atoms with Crippen molar-refractivity contribution in [2.75, 3.05) is 0 Å². The maximum absolute atomic E-state index is 11.3. The minimum absolute atomic E-state index is 0.225. The molecule has 2 aromatic carbocycles. The minimum Gasteiger partial charge on any atom is -0.426 e. The molecular weight excluding hydrogens is 260 g/mol. The SMILES string of the molecule is CCC(=O)Oc1ccc(C#Cc2ccccc2C)cc1C. The number of carbonyl (C=O) groups excluding carboxylic acids is 1. The molecule has 0 aliphatic rings. The molecule has 0 spiro atoms. The van der Waals surface area contributed by atoms with Gasteiger partial charge >= 0.3 is 5.97 Å². The number of hydrogen-bond acceptors (Lipinski definition) is 2. The molecule has 2 heteroatoms. The van der Waals surface area contributed by atoms with Crippen LogP contribution in [0.3, 0.4) is 0 Å². The lowest BCUT2D eigenvalue weighted by molar-refractivity contribution is -0.134. The van der Waals surface area contributed by atoms with Crippen molar-refractivity contribution < 1.29 is 9.53 Å². The first-order chi connectivity index (χ1) is 10.1. The zero-order valence-corrected chi connectivity index (χ0v) is 12.6. The van der Waals surface area contributed by atoms with Crippen LogP contribution in [0.4, 0.5) is 0 Å². The summed E-state index contributed by atoms with van der Waals surface area (Å²) < 4.78 is 5.24. The minimum atomic E-state index is -0.225. The van der Waals surface area contributed by atoms with Crippen molar-refractivity contribution >= 4 is 5.97 Å². The molecule has 0 bridgehead atoms. The van der Waals surface area contributed by atoms with E-state index in [1.165, 1.54) is 0 Å². The Morgan fingerprint density at radius 2 is 1.81 bits per heavy atom. The molecule has 2 rings (SSSR count). The molecule has 0 saturated carbocycles. The molecule has 0 radical (unpaired) electrons. The fourth-order valence-electron chi connectivity index (χ4n) is 1.89. The van der Waals surface area contributed by atoms with Crippen LogP contribution in [0.2, 0.25) is 0 Å². The van der Waals surface area contributed by atoms with Gasteiger partial charge in [0, 0.05) is 17.5 Å². The predicted molar refractivity (Wildman–Crippen MR) is 84.3 cm³/mol. The van der Waals surface area contributed by atoms with Crippen molar-refractivity contribution in [2.24, 2.45) is 0 Å². The normalized spacial score (nSPS) is 9.67. The van der Waals surface area contributed by atoms with Crippen LogP contribution in [0, 0.1) is 25.7 Å². The highest BCUT2D eigenvalue weighted by atomic mass is 16.5. The molecule has 0 fully saturated rings. The van der Waals surface area contributed by atoms with E-state index >= 15 is 0 Å². The molecule has 2 aromatic rings. The Hall–Kier alpha value is -2.53. The molecule has 0 amide bonds. The van der Waals surface area contributed by atoms with Crippen molar-refractivity contribution in [1.29, 1.82) is 0 Å². The Balaban J connectivity index is 2.22. The standard InChI is InChI=1S/C19H18O2/c1-4-19(20)21-18-12-10-16(13-15(18)3)9-11-17-8-6-5-7-14(17)2/h5-8,10,12-13H,4H2,1-3H3. The molecule has 106 valence electrons. The first kappa shape index (κ1) is 14.9. The van der Waals surface area contributed by atoms with Gasteiger partial charge in [-0.3, -0.25) is 4.79 Å². The van der Waals surface area contributed by atoms with Crippen molar-refractivity contribution in [3.8, 4) is 17.6 Å². The van der Waals surface area contributed by atoms with E-state index in [0.717, 1.165) is 22.3 Å². The van der Waals surface area contributed by atoms with Gasteiger partial charge in [0.15, 0.2) is 0 Å². The van der Waals surface area contributed by atoms with Gasteiger partial charge in [-0.05, 0) is 49.2 Å². The largest absolute Gasteiger partial charge is 0.426 e. The average Bonchev–Trinajstić information content (AvgIpc) is 2.48. The monoisotopic (exact) mass is 278 g/mol. The summed E-state index contributed by atoms with van der Waals surface area (Å²) in [6, 6.07) is 13.6. The topological polar surface area (TPSA) is 26.3 Å². The first-order valence-corrected chi connectivity index (χ1v) is 6.99. The zero-order valence-electron chi connectivity index (χ0n) is 12.6. The van der Waals surface area contributed by atoms with Gasteiger partial charge in [-0.2, -0.15) is 0 Å². The summed E-state index contributed by atoms with van der Waals surface area (Å²) in [4.78, 5) is 11.3. The second-order valence-corrected chi connectivity index (χ2v) is 4.87. The molecule has 0 aromatic heterocycles. The third-order valence-electron chi connectivity index (χ3n) is 3.17. The molecule has 0 heterocycles. The van der Waals surface area contributed by atoms with Crippen LogP contribution in [-0.4, -0.2) is 5.97 Å². The molecule has 0 atom stereocenters. The Kier molecular flexibility index (Phi) is 4.79. The summed E-state index contributed by atoms with van der Waals surface area (Å²) in [5.41, 5.74) is 4.01. The second kappa shape index (κ2) is 6.76. The summed E-state index contributed by atoms with van der Waals surface area (Å²) in [5, 5.41) is 0. The molecule has 2 nitrogen and oxygen atoms in total. The van der Waals surface area contributed by atoms with Gasteiger partial charge in [0.2, 0.25) is 0 Å². The number of ether oxygens (including phenoxy) is 1. The van der Waals surface area contributed by atoms with Crippen molar-refractivity contribution in [2.45, 2.75) is 27.2 Å². The fourth-order valence-corrected chi connectivity index (χ4v) is 1.89. The predicted octanol–water partition coefficient (Wildman–Crippen LogP) is 4.02. The van der Waals surface area contributed by atoms with E-state index in [4.69, 9.17) is 4.74 Å². The molecule has 0 N–H and O–H groups in total. The van der Waals surface area contributed by atoms with E-state index in [1.807, 2.05) is 50.2 Å². The van der Waals surface area contributed by atoms with Crippen molar-refractivity contribution in [3.05, 3.63) is 64.7 Å². The van der Waals surface area contributed by atoms with Gasteiger partial charge in [-0.1, -0.05) is 37.0 Å². The average molecular weight is 278 g/mol. The van der Waals surface area contributed by atoms with Gasteiger partial charge < -0.3 is 4.74 Å². The van der Waals surface area contributed by atoms with Crippen LogP contribution >= 0.6 is 0 Å². The van der Waals surface area contributed by atoms with E-state index < -0.39 is 0 Å². The number of hydrogen-bond donors (Lipinski definition) is 0. The van der Waals surface area contributed by atoms with Crippen LogP contribution in [0.1, 0.15) is 35.6 Å². The van der Waals surface area contributed by atoms with E-state index in [9.17, 15) is 4.79 Å². The maximum Gasteiger partial charge on any atom is 0.310 e. The number of carbonyl (C=O) groups is 1. The number of esters is 1. The van der Waals surface area contributed by atoms with Gasteiger partial charge in [-0.15, -0.1) is 0 Å². The van der Waals surface area contributed by atoms with E-state index in [1.54, 1.807) is 13.0 Å². The highest BCUT2D eigenvalue weighted by molar-refractivity contribution is 5.72. The summed E-state index contributed by atoms with van der Waals surface area (Å²) in [7, 11) is 0. The van der Waals surface area contributed by atoms with Gasteiger partial charge in [0.25, 0.3) is 0 Å². The highest BCUT2D eigenvalue weighted by Crippen LogP contribution is 2.19. The summed E-state index contributed by atoms with van der Waals surface area (Å²) in [5.74, 6) is 6.69. The molecular formula is C19H18O2. The first-order valence-electron chi connectivity index (χ1n) is 6.99. The Bertz CT molecular complexity index is 718. The molecule has 0 saturated heterocycles. The second-order valence-electron chi connectivity index (χ2n) is 4.87. The number of rotatable bonds is 2. The number of benzene rings is 2. The van der Waals surface area contributed by atoms with E-state index in [-0.39, 0.29) is 5.97 Å². The third-order valence-corrected chi connectivity index (χ3v) is 3.17. The van der Waals surface area contributed by atoms with Crippen LogP contribution in [0.15, 0.2) is 42.5 Å². The van der Waals surface area contributed by atoms with Gasteiger partial charge in [0.1, 0.15) is 5.75 Å². The fraction of sp³-hybridized carbons (Fsp3) is 0.211. The Morgan fingerprint density at radius 3 is 2.48 bits per heavy atom.